The van der Waals surface area contributed by atoms with Gasteiger partial charge in [-0.2, -0.15) is 0 Å². The van der Waals surface area contributed by atoms with Crippen LogP contribution in [0, 0.1) is 17.0 Å². The second kappa shape index (κ2) is 5.14. The fraction of sp³-hybridized carbons (Fsp3) is 0.500. The van der Waals surface area contributed by atoms with Gasteiger partial charge in [-0.1, -0.05) is 0 Å². The average molecular weight is 236 g/mol. The van der Waals surface area contributed by atoms with E-state index in [0.29, 0.717) is 18.4 Å². The van der Waals surface area contributed by atoms with Gasteiger partial charge in [0, 0.05) is 12.1 Å². The second-order valence-electron chi connectivity index (χ2n) is 4.31. The van der Waals surface area contributed by atoms with E-state index in [-0.39, 0.29) is 5.69 Å². The molecule has 0 amide bonds. The molecule has 17 heavy (non-hydrogen) atoms. The number of rotatable bonds is 4. The minimum absolute atomic E-state index is 0.0741. The van der Waals surface area contributed by atoms with Crippen LogP contribution in [-0.4, -0.2) is 24.1 Å². The summed E-state index contributed by atoms with van der Waals surface area (Å²) in [6.07, 6.45) is 2.27. The summed E-state index contributed by atoms with van der Waals surface area (Å²) in [4.78, 5) is 10.3. The molecule has 1 aliphatic rings. The lowest BCUT2D eigenvalue weighted by Crippen LogP contribution is -2.28. The number of non-ortho nitro benzene ring substituents is 1. The number of nitrogens with zero attached hydrogens (tertiary/aromatic N) is 1. The van der Waals surface area contributed by atoms with Crippen LogP contribution in [0.3, 0.4) is 0 Å². The molecule has 0 spiro atoms. The first-order valence-corrected chi connectivity index (χ1v) is 5.78. The van der Waals surface area contributed by atoms with Crippen molar-refractivity contribution in [3.63, 3.8) is 0 Å². The van der Waals surface area contributed by atoms with Crippen molar-refractivity contribution in [2.75, 3.05) is 13.2 Å². The van der Waals surface area contributed by atoms with Crippen LogP contribution in [0.25, 0.3) is 0 Å². The largest absolute Gasteiger partial charge is 0.491 e. The minimum atomic E-state index is -0.403. The van der Waals surface area contributed by atoms with Crippen molar-refractivity contribution in [1.29, 1.82) is 0 Å². The van der Waals surface area contributed by atoms with Crippen molar-refractivity contribution in [3.8, 4) is 5.75 Å². The summed E-state index contributed by atoms with van der Waals surface area (Å²) in [6, 6.07) is 5.07. The number of benzene rings is 1. The van der Waals surface area contributed by atoms with Gasteiger partial charge in [0.1, 0.15) is 12.4 Å². The monoisotopic (exact) mass is 236 g/mol. The topological polar surface area (TPSA) is 64.4 Å². The molecule has 0 radical (unpaired) electrons. The maximum atomic E-state index is 10.7. The van der Waals surface area contributed by atoms with Crippen molar-refractivity contribution in [2.24, 2.45) is 0 Å². The Morgan fingerprint density at radius 3 is 3.06 bits per heavy atom. The lowest BCUT2D eigenvalue weighted by atomic mass is 10.2. The van der Waals surface area contributed by atoms with Gasteiger partial charge in [0.15, 0.2) is 0 Å². The zero-order valence-corrected chi connectivity index (χ0v) is 9.81. The Labute approximate surface area is 99.9 Å². The molecule has 0 bridgehead atoms. The van der Waals surface area contributed by atoms with Crippen molar-refractivity contribution in [3.05, 3.63) is 33.9 Å². The molecule has 1 fully saturated rings. The quantitative estimate of drug-likeness (QED) is 0.641. The second-order valence-corrected chi connectivity index (χ2v) is 4.31. The highest BCUT2D eigenvalue weighted by atomic mass is 16.6. The van der Waals surface area contributed by atoms with Crippen molar-refractivity contribution >= 4 is 5.69 Å². The number of hydrogen-bond donors (Lipinski definition) is 1. The van der Waals surface area contributed by atoms with Gasteiger partial charge in [-0.15, -0.1) is 0 Å². The van der Waals surface area contributed by atoms with Gasteiger partial charge >= 0.3 is 0 Å². The zero-order valence-electron chi connectivity index (χ0n) is 9.81. The van der Waals surface area contributed by atoms with Crippen LogP contribution in [-0.2, 0) is 0 Å². The van der Waals surface area contributed by atoms with Crippen LogP contribution in [0.15, 0.2) is 18.2 Å². The molecule has 2 rings (SSSR count). The van der Waals surface area contributed by atoms with Gasteiger partial charge in [-0.25, -0.2) is 0 Å². The van der Waals surface area contributed by atoms with E-state index in [2.05, 4.69) is 5.32 Å². The SMILES string of the molecule is Cc1ccc([N+](=O)[O-])cc1OC[C@H]1CCCN1. The van der Waals surface area contributed by atoms with E-state index in [4.69, 9.17) is 4.74 Å². The number of hydrogen-bond acceptors (Lipinski definition) is 4. The van der Waals surface area contributed by atoms with Gasteiger partial charge in [-0.3, -0.25) is 10.1 Å². The molecule has 1 aromatic carbocycles. The first kappa shape index (κ1) is 11.9. The average Bonchev–Trinajstić information content (AvgIpc) is 2.80. The summed E-state index contributed by atoms with van der Waals surface area (Å²) >= 11 is 0. The van der Waals surface area contributed by atoms with Crippen LogP contribution in [0.5, 0.6) is 5.75 Å². The third-order valence-corrected chi connectivity index (χ3v) is 2.98. The standard InChI is InChI=1S/C12H16N2O3/c1-9-4-5-11(14(15)16)7-12(9)17-8-10-3-2-6-13-10/h4-5,7,10,13H,2-3,6,8H2,1H3/t10-/m1/s1. The van der Waals surface area contributed by atoms with Gasteiger partial charge in [-0.05, 0) is 37.9 Å². The molecule has 5 nitrogen and oxygen atoms in total. The molecule has 0 saturated carbocycles. The fourth-order valence-electron chi connectivity index (χ4n) is 1.95. The Bertz CT molecular complexity index is 414. The van der Waals surface area contributed by atoms with E-state index in [1.165, 1.54) is 18.6 Å². The highest BCUT2D eigenvalue weighted by Crippen LogP contribution is 2.24. The Kier molecular flexibility index (Phi) is 3.58. The van der Waals surface area contributed by atoms with E-state index < -0.39 is 4.92 Å². The summed E-state index contributed by atoms with van der Waals surface area (Å²) < 4.78 is 5.64. The van der Waals surface area contributed by atoms with E-state index >= 15 is 0 Å². The molecule has 1 N–H and O–H groups in total. The first-order chi connectivity index (χ1) is 8.16. The van der Waals surface area contributed by atoms with E-state index in [9.17, 15) is 10.1 Å². The van der Waals surface area contributed by atoms with Crippen LogP contribution >= 0.6 is 0 Å². The van der Waals surface area contributed by atoms with Crippen LogP contribution in [0.4, 0.5) is 5.69 Å². The Morgan fingerprint density at radius 2 is 2.41 bits per heavy atom. The van der Waals surface area contributed by atoms with Gasteiger partial charge in [0.05, 0.1) is 11.0 Å². The molecule has 92 valence electrons. The van der Waals surface area contributed by atoms with Crippen molar-refractivity contribution in [1.82, 2.24) is 5.32 Å². The third kappa shape index (κ3) is 2.94. The van der Waals surface area contributed by atoms with Gasteiger partial charge in [0.2, 0.25) is 0 Å². The molecule has 0 aliphatic carbocycles. The van der Waals surface area contributed by atoms with Crippen LogP contribution in [0.1, 0.15) is 18.4 Å². The first-order valence-electron chi connectivity index (χ1n) is 5.78. The zero-order chi connectivity index (χ0) is 12.3. The van der Waals surface area contributed by atoms with Gasteiger partial charge < -0.3 is 10.1 Å². The minimum Gasteiger partial charge on any atom is -0.491 e. The van der Waals surface area contributed by atoms with Crippen LogP contribution < -0.4 is 10.1 Å². The predicted molar refractivity (Wildman–Crippen MR) is 64.4 cm³/mol. The maximum absolute atomic E-state index is 10.7. The molecule has 0 aromatic heterocycles. The molecule has 0 unspecified atom stereocenters. The lowest BCUT2D eigenvalue weighted by molar-refractivity contribution is -0.384. The normalized spacial score (nSPS) is 19.2. The van der Waals surface area contributed by atoms with Crippen molar-refractivity contribution in [2.45, 2.75) is 25.8 Å². The number of ether oxygens (including phenoxy) is 1. The predicted octanol–water partition coefficient (Wildman–Crippen LogP) is 2.03. The van der Waals surface area contributed by atoms with E-state index in [0.717, 1.165) is 18.5 Å². The molecule has 5 heteroatoms. The molecule has 1 heterocycles. The van der Waals surface area contributed by atoms with E-state index in [1.807, 2.05) is 6.92 Å². The summed E-state index contributed by atoms with van der Waals surface area (Å²) in [5, 5.41) is 14.0. The van der Waals surface area contributed by atoms with Crippen LogP contribution in [0.2, 0.25) is 0 Å². The number of aryl methyl sites for hydroxylation is 1. The molecular formula is C12H16N2O3. The fourth-order valence-corrected chi connectivity index (χ4v) is 1.95. The number of nitrogens with one attached hydrogen (secondary N) is 1. The molecular weight excluding hydrogens is 220 g/mol. The summed E-state index contributed by atoms with van der Waals surface area (Å²) in [6.45, 7) is 3.49. The molecule has 1 saturated heterocycles. The Morgan fingerprint density at radius 1 is 1.59 bits per heavy atom. The Hall–Kier alpha value is -1.62. The summed E-state index contributed by atoms with van der Waals surface area (Å²) in [7, 11) is 0. The van der Waals surface area contributed by atoms with E-state index in [1.54, 1.807) is 6.07 Å². The molecule has 1 atom stereocenters. The maximum Gasteiger partial charge on any atom is 0.273 e. The number of nitro groups is 1. The molecule has 1 aromatic rings. The highest BCUT2D eigenvalue weighted by Gasteiger charge is 2.16. The third-order valence-electron chi connectivity index (χ3n) is 2.98. The van der Waals surface area contributed by atoms with Crippen molar-refractivity contribution < 1.29 is 9.66 Å². The van der Waals surface area contributed by atoms with Gasteiger partial charge in [0.25, 0.3) is 5.69 Å². The molecule has 1 aliphatic heterocycles. The highest BCUT2D eigenvalue weighted by molar-refractivity contribution is 5.43. The summed E-state index contributed by atoms with van der Waals surface area (Å²) in [5.41, 5.74) is 0.999. The lowest BCUT2D eigenvalue weighted by Gasteiger charge is -2.13. The summed E-state index contributed by atoms with van der Waals surface area (Å²) in [5.74, 6) is 0.605. The smallest absolute Gasteiger partial charge is 0.273 e. The Balaban J connectivity index is 2.03. The number of nitro benzene ring substituents is 1.